The molecule has 0 radical (unpaired) electrons. The lowest BCUT2D eigenvalue weighted by atomic mass is 9.95. The van der Waals surface area contributed by atoms with Crippen LogP contribution >= 0.6 is 0 Å². The van der Waals surface area contributed by atoms with E-state index in [0.29, 0.717) is 55.4 Å². The van der Waals surface area contributed by atoms with Crippen LogP contribution in [0.4, 0.5) is 5.69 Å². The second kappa shape index (κ2) is 13.7. The Morgan fingerprint density at radius 3 is 2.46 bits per heavy atom. The van der Waals surface area contributed by atoms with Crippen molar-refractivity contribution in [1.82, 2.24) is 15.5 Å². The average Bonchev–Trinajstić information content (AvgIpc) is 3.21. The zero-order valence-corrected chi connectivity index (χ0v) is 24.4. The largest absolute Gasteiger partial charge is 0.493 e. The zero-order valence-electron chi connectivity index (χ0n) is 24.4. The molecule has 1 aliphatic heterocycles. The lowest BCUT2D eigenvalue weighted by molar-refractivity contribution is -0.121. The van der Waals surface area contributed by atoms with E-state index in [4.69, 9.17) is 18.9 Å². The maximum absolute atomic E-state index is 13.5. The molecule has 2 atom stereocenters. The summed E-state index contributed by atoms with van der Waals surface area (Å²) in [5, 5.41) is 9.03. The number of nitrogens with zero attached hydrogens (tertiary/aromatic N) is 1. The number of ether oxygens (including phenoxy) is 4. The van der Waals surface area contributed by atoms with E-state index >= 15 is 0 Å². The number of benzene rings is 1. The molecule has 0 saturated carbocycles. The van der Waals surface area contributed by atoms with E-state index in [1.54, 1.807) is 34.3 Å². The summed E-state index contributed by atoms with van der Waals surface area (Å²) in [5.41, 5.74) is 3.07. The quantitative estimate of drug-likeness (QED) is 0.395. The Morgan fingerprint density at radius 2 is 1.80 bits per heavy atom. The van der Waals surface area contributed by atoms with E-state index in [1.165, 1.54) is 13.0 Å². The first-order valence-corrected chi connectivity index (χ1v) is 13.9. The van der Waals surface area contributed by atoms with Crippen LogP contribution in [0.3, 0.4) is 0 Å². The maximum Gasteiger partial charge on any atom is 0.242 e. The van der Waals surface area contributed by atoms with E-state index in [2.05, 4.69) is 20.9 Å². The van der Waals surface area contributed by atoms with E-state index in [-0.39, 0.29) is 22.9 Å². The molecule has 0 unspecified atom stereocenters. The number of rotatable bonds is 10. The van der Waals surface area contributed by atoms with E-state index in [1.807, 2.05) is 12.1 Å². The normalized spacial score (nSPS) is 17.2. The van der Waals surface area contributed by atoms with Crippen molar-refractivity contribution in [3.8, 4) is 28.4 Å². The number of morpholine rings is 1. The highest BCUT2D eigenvalue weighted by atomic mass is 16.5. The first-order valence-electron chi connectivity index (χ1n) is 13.9. The molecule has 1 fully saturated rings. The molecular weight excluding hydrogens is 528 g/mol. The molecule has 2 aliphatic rings. The monoisotopic (exact) mass is 568 g/mol. The van der Waals surface area contributed by atoms with Gasteiger partial charge in [-0.1, -0.05) is 6.07 Å². The Kier molecular flexibility index (Phi) is 10.1. The van der Waals surface area contributed by atoms with Crippen molar-refractivity contribution in [2.24, 2.45) is 0 Å². The number of nitrogens with one attached hydrogen (secondary N) is 3. The molecule has 222 valence electrons. The Balaban J connectivity index is 1.68. The van der Waals surface area contributed by atoms with E-state index in [9.17, 15) is 14.4 Å². The first-order chi connectivity index (χ1) is 19.8. The second-order valence-electron chi connectivity index (χ2n) is 10.2. The lowest BCUT2D eigenvalue weighted by Gasteiger charge is -2.26. The standard InChI is InChI=1S/C30H40N4O7/c1-18(30(37)31-10-11-34-12-14-41-15-13-34)32-24-9-7-21-22(17-25(24)36)23(33-19(2)35)8-6-20-16-26(38-3)28(39-4)29(40-5)27(20)21/h7,9,16-18,23H,6,8,10-15H2,1-5H3,(H,31,37)(H,32,36)(H,33,35)/t18-,23-/m0/s1. The van der Waals surface area contributed by atoms with Gasteiger partial charge in [0.25, 0.3) is 0 Å². The molecule has 1 aliphatic carbocycles. The molecule has 11 heteroatoms. The molecular formula is C30H40N4O7. The number of carbonyl (C=O) groups is 2. The third kappa shape index (κ3) is 6.91. The second-order valence-corrected chi connectivity index (χ2v) is 10.2. The van der Waals surface area contributed by atoms with Crippen LogP contribution in [-0.4, -0.2) is 83.5 Å². The highest BCUT2D eigenvalue weighted by Gasteiger charge is 2.29. The number of amides is 2. The highest BCUT2D eigenvalue weighted by Crippen LogP contribution is 2.50. The molecule has 4 rings (SSSR count). The third-order valence-electron chi connectivity index (χ3n) is 7.51. The molecule has 2 aromatic rings. The predicted octanol–water partition coefficient (Wildman–Crippen LogP) is 2.11. The van der Waals surface area contributed by atoms with Gasteiger partial charge in [-0.25, -0.2) is 0 Å². The van der Waals surface area contributed by atoms with Crippen LogP contribution in [0.1, 0.15) is 37.4 Å². The topological polar surface area (TPSA) is 127 Å². The van der Waals surface area contributed by atoms with Gasteiger partial charge in [0, 0.05) is 38.7 Å². The summed E-state index contributed by atoms with van der Waals surface area (Å²) in [6.07, 6.45) is 1.17. The summed E-state index contributed by atoms with van der Waals surface area (Å²) < 4.78 is 22.4. The summed E-state index contributed by atoms with van der Waals surface area (Å²) in [6.45, 7) is 7.52. The minimum Gasteiger partial charge on any atom is -0.493 e. The molecule has 1 saturated heterocycles. The fraction of sp³-hybridized carbons (Fsp3) is 0.500. The van der Waals surface area contributed by atoms with E-state index < -0.39 is 12.1 Å². The summed E-state index contributed by atoms with van der Waals surface area (Å²) in [4.78, 5) is 40.7. The van der Waals surface area contributed by atoms with Gasteiger partial charge < -0.3 is 34.9 Å². The van der Waals surface area contributed by atoms with Crippen molar-refractivity contribution in [2.75, 3.05) is 66.0 Å². The molecule has 41 heavy (non-hydrogen) atoms. The smallest absolute Gasteiger partial charge is 0.242 e. The van der Waals surface area contributed by atoms with Crippen LogP contribution in [-0.2, 0) is 20.7 Å². The van der Waals surface area contributed by atoms with Gasteiger partial charge in [0.15, 0.2) is 11.5 Å². The molecule has 1 heterocycles. The van der Waals surface area contributed by atoms with Crippen LogP contribution < -0.4 is 35.6 Å². The van der Waals surface area contributed by atoms with Crippen molar-refractivity contribution in [3.05, 3.63) is 45.6 Å². The van der Waals surface area contributed by atoms with Gasteiger partial charge in [0.05, 0.1) is 46.3 Å². The fourth-order valence-corrected chi connectivity index (χ4v) is 5.44. The summed E-state index contributed by atoms with van der Waals surface area (Å²) in [7, 11) is 4.67. The number of aryl methyl sites for hydroxylation is 1. The minimum absolute atomic E-state index is 0.200. The molecule has 3 N–H and O–H groups in total. The number of hydrogen-bond donors (Lipinski definition) is 3. The summed E-state index contributed by atoms with van der Waals surface area (Å²) >= 11 is 0. The van der Waals surface area contributed by atoms with E-state index in [0.717, 1.165) is 36.3 Å². The third-order valence-corrected chi connectivity index (χ3v) is 7.51. The van der Waals surface area contributed by atoms with Gasteiger partial charge in [0.1, 0.15) is 6.04 Å². The minimum atomic E-state index is -0.646. The number of methoxy groups -OCH3 is 3. The molecule has 2 aromatic carbocycles. The molecule has 11 nitrogen and oxygen atoms in total. The Labute approximate surface area is 240 Å². The van der Waals surface area contributed by atoms with Crippen LogP contribution in [0.15, 0.2) is 29.1 Å². The molecule has 0 spiro atoms. The van der Waals surface area contributed by atoms with Crippen molar-refractivity contribution in [2.45, 2.75) is 38.8 Å². The zero-order chi connectivity index (χ0) is 29.5. The number of hydrogen-bond acceptors (Lipinski definition) is 9. The van der Waals surface area contributed by atoms with Gasteiger partial charge in [-0.05, 0) is 54.7 Å². The Bertz CT molecular complexity index is 1330. The number of carbonyl (C=O) groups excluding carboxylic acids is 2. The van der Waals surface area contributed by atoms with Crippen LogP contribution in [0.5, 0.6) is 17.2 Å². The molecule has 0 aromatic heterocycles. The Hall–Kier alpha value is -3.83. The fourth-order valence-electron chi connectivity index (χ4n) is 5.44. The predicted molar refractivity (Wildman–Crippen MR) is 156 cm³/mol. The SMILES string of the molecule is COc1cc2c(c(OC)c1OC)-c1ccc(N[C@@H](C)C(=O)NCCN3CCOCC3)c(=O)cc1[C@@H](NC(C)=O)CC2. The molecule has 2 amide bonds. The Morgan fingerprint density at radius 1 is 1.07 bits per heavy atom. The average molecular weight is 569 g/mol. The van der Waals surface area contributed by atoms with Crippen molar-refractivity contribution in [3.63, 3.8) is 0 Å². The number of anilines is 1. The lowest BCUT2D eigenvalue weighted by Crippen LogP contribution is -2.44. The van der Waals surface area contributed by atoms with Gasteiger partial charge in [0.2, 0.25) is 23.0 Å². The highest BCUT2D eigenvalue weighted by molar-refractivity contribution is 5.85. The van der Waals surface area contributed by atoms with Gasteiger partial charge in [-0.3, -0.25) is 19.3 Å². The van der Waals surface area contributed by atoms with Crippen molar-refractivity contribution < 1.29 is 28.5 Å². The molecule has 0 bridgehead atoms. The summed E-state index contributed by atoms with van der Waals surface area (Å²) in [6, 6.07) is 5.89. The summed E-state index contributed by atoms with van der Waals surface area (Å²) in [5.74, 6) is 1.04. The van der Waals surface area contributed by atoms with Crippen LogP contribution in [0.2, 0.25) is 0 Å². The van der Waals surface area contributed by atoms with Crippen LogP contribution in [0, 0.1) is 0 Å². The number of fused-ring (bicyclic) bond motifs is 3. The van der Waals surface area contributed by atoms with Gasteiger partial charge in [-0.2, -0.15) is 0 Å². The first kappa shape index (κ1) is 30.1. The van der Waals surface area contributed by atoms with Gasteiger partial charge in [-0.15, -0.1) is 0 Å². The van der Waals surface area contributed by atoms with Crippen LogP contribution in [0.25, 0.3) is 11.1 Å². The maximum atomic E-state index is 13.5. The van der Waals surface area contributed by atoms with Crippen molar-refractivity contribution in [1.29, 1.82) is 0 Å². The van der Waals surface area contributed by atoms with Crippen molar-refractivity contribution >= 4 is 17.5 Å². The van der Waals surface area contributed by atoms with Gasteiger partial charge >= 0.3 is 0 Å².